The highest BCUT2D eigenvalue weighted by Crippen LogP contribution is 2.40. The van der Waals surface area contributed by atoms with E-state index < -0.39 is 0 Å². The molecule has 1 aliphatic heterocycles. The average molecular weight is 277 g/mol. The lowest BCUT2D eigenvalue weighted by Crippen LogP contribution is -2.42. The second kappa shape index (κ2) is 5.56. The molecular formula is C15H23N3O2. The van der Waals surface area contributed by atoms with Crippen molar-refractivity contribution in [2.24, 2.45) is 5.92 Å². The minimum atomic E-state index is 0.133. The van der Waals surface area contributed by atoms with Crippen molar-refractivity contribution in [2.75, 3.05) is 27.2 Å². The summed E-state index contributed by atoms with van der Waals surface area (Å²) in [6, 6.07) is 2.09. The molecule has 0 spiro atoms. The maximum atomic E-state index is 12.1. The summed E-state index contributed by atoms with van der Waals surface area (Å²) in [5.74, 6) is 2.03. The van der Waals surface area contributed by atoms with Crippen molar-refractivity contribution in [1.82, 2.24) is 15.0 Å². The van der Waals surface area contributed by atoms with Crippen LogP contribution in [0.2, 0.25) is 0 Å². The first-order valence-electron chi connectivity index (χ1n) is 7.52. The van der Waals surface area contributed by atoms with Gasteiger partial charge < -0.3 is 9.42 Å². The number of carbonyl (C=O) groups is 1. The zero-order chi connectivity index (χ0) is 14.1. The van der Waals surface area contributed by atoms with E-state index in [1.54, 1.807) is 4.90 Å². The summed E-state index contributed by atoms with van der Waals surface area (Å²) in [5, 5.41) is 4.16. The van der Waals surface area contributed by atoms with E-state index in [0.717, 1.165) is 43.9 Å². The number of piperidine rings is 1. The van der Waals surface area contributed by atoms with Gasteiger partial charge in [-0.15, -0.1) is 0 Å². The van der Waals surface area contributed by atoms with E-state index in [1.165, 1.54) is 12.8 Å². The number of amides is 1. The van der Waals surface area contributed by atoms with Crippen molar-refractivity contribution in [2.45, 2.75) is 38.1 Å². The summed E-state index contributed by atoms with van der Waals surface area (Å²) in [7, 11) is 3.67. The van der Waals surface area contributed by atoms with E-state index in [9.17, 15) is 4.79 Å². The van der Waals surface area contributed by atoms with Crippen LogP contribution in [-0.4, -0.2) is 48.0 Å². The number of nitrogens with zero attached hydrogens (tertiary/aromatic N) is 3. The Bertz CT molecular complexity index is 479. The van der Waals surface area contributed by atoms with Gasteiger partial charge in [0.2, 0.25) is 5.91 Å². The third-order valence-electron chi connectivity index (χ3n) is 4.24. The number of aromatic nitrogens is 1. The van der Waals surface area contributed by atoms with Crippen LogP contribution < -0.4 is 0 Å². The zero-order valence-electron chi connectivity index (χ0n) is 12.3. The Morgan fingerprint density at radius 1 is 1.45 bits per heavy atom. The van der Waals surface area contributed by atoms with Gasteiger partial charge >= 0.3 is 0 Å². The largest absolute Gasteiger partial charge is 0.361 e. The zero-order valence-corrected chi connectivity index (χ0v) is 12.3. The molecule has 1 atom stereocenters. The van der Waals surface area contributed by atoms with Crippen molar-refractivity contribution in [3.8, 4) is 0 Å². The number of hydrogen-bond donors (Lipinski definition) is 0. The third-order valence-corrected chi connectivity index (χ3v) is 4.24. The highest BCUT2D eigenvalue weighted by atomic mass is 16.5. The molecule has 5 heteroatoms. The molecule has 0 bridgehead atoms. The van der Waals surface area contributed by atoms with Crippen molar-refractivity contribution < 1.29 is 9.32 Å². The summed E-state index contributed by atoms with van der Waals surface area (Å²) >= 11 is 0. The van der Waals surface area contributed by atoms with E-state index in [2.05, 4.69) is 16.1 Å². The lowest BCUT2D eigenvalue weighted by atomic mass is 9.96. The first-order chi connectivity index (χ1) is 9.63. The Morgan fingerprint density at radius 3 is 2.95 bits per heavy atom. The highest BCUT2D eigenvalue weighted by Gasteiger charge is 2.29. The van der Waals surface area contributed by atoms with Crippen LogP contribution in [0.1, 0.15) is 43.1 Å². The molecule has 110 valence electrons. The van der Waals surface area contributed by atoms with Gasteiger partial charge in [-0.05, 0) is 32.2 Å². The smallest absolute Gasteiger partial charge is 0.226 e. The van der Waals surface area contributed by atoms with E-state index in [4.69, 9.17) is 4.52 Å². The molecular weight excluding hydrogens is 254 g/mol. The molecule has 1 amide bonds. The SMILES string of the molecule is CN(C)C(=O)C1CCCN(Cc2cc(C3CC3)on2)C1. The van der Waals surface area contributed by atoms with Crippen LogP contribution in [0.5, 0.6) is 0 Å². The molecule has 1 aliphatic carbocycles. The monoisotopic (exact) mass is 277 g/mol. The number of rotatable bonds is 4. The molecule has 3 rings (SSSR count). The fraction of sp³-hybridized carbons (Fsp3) is 0.733. The quantitative estimate of drug-likeness (QED) is 0.843. The summed E-state index contributed by atoms with van der Waals surface area (Å²) < 4.78 is 5.39. The van der Waals surface area contributed by atoms with Gasteiger partial charge in [0, 0.05) is 39.2 Å². The lowest BCUT2D eigenvalue weighted by molar-refractivity contribution is -0.134. The molecule has 1 unspecified atom stereocenters. The van der Waals surface area contributed by atoms with Crippen LogP contribution >= 0.6 is 0 Å². The Morgan fingerprint density at radius 2 is 2.25 bits per heavy atom. The average Bonchev–Trinajstić information content (AvgIpc) is 3.19. The number of hydrogen-bond acceptors (Lipinski definition) is 4. The molecule has 2 heterocycles. The normalized spacial score (nSPS) is 23.8. The molecule has 2 aliphatic rings. The minimum Gasteiger partial charge on any atom is -0.361 e. The topological polar surface area (TPSA) is 49.6 Å². The molecule has 0 N–H and O–H groups in total. The first kappa shape index (κ1) is 13.6. The molecule has 0 aromatic carbocycles. The lowest BCUT2D eigenvalue weighted by Gasteiger charge is -2.32. The second-order valence-electron chi connectivity index (χ2n) is 6.30. The first-order valence-corrected chi connectivity index (χ1v) is 7.52. The van der Waals surface area contributed by atoms with Gasteiger partial charge in [0.05, 0.1) is 11.6 Å². The second-order valence-corrected chi connectivity index (χ2v) is 6.30. The van der Waals surface area contributed by atoms with Gasteiger partial charge in [-0.2, -0.15) is 0 Å². The van der Waals surface area contributed by atoms with Crippen LogP contribution in [0.3, 0.4) is 0 Å². The minimum absolute atomic E-state index is 0.133. The number of likely N-dealkylation sites (tertiary alicyclic amines) is 1. The number of carbonyl (C=O) groups excluding carboxylic acids is 1. The van der Waals surface area contributed by atoms with Gasteiger partial charge in [-0.3, -0.25) is 9.69 Å². The maximum Gasteiger partial charge on any atom is 0.226 e. The van der Waals surface area contributed by atoms with Gasteiger partial charge in [-0.1, -0.05) is 5.16 Å². The fourth-order valence-corrected chi connectivity index (χ4v) is 2.96. The third kappa shape index (κ3) is 3.03. The van der Waals surface area contributed by atoms with Crippen molar-refractivity contribution >= 4 is 5.91 Å². The molecule has 0 radical (unpaired) electrons. The summed E-state index contributed by atoms with van der Waals surface area (Å²) in [6.45, 7) is 2.68. The Hall–Kier alpha value is -1.36. The van der Waals surface area contributed by atoms with Crippen LogP contribution in [0.4, 0.5) is 0 Å². The molecule has 1 aromatic heterocycles. The molecule has 1 aromatic rings. The molecule has 5 nitrogen and oxygen atoms in total. The predicted molar refractivity (Wildman–Crippen MR) is 75.2 cm³/mol. The highest BCUT2D eigenvalue weighted by molar-refractivity contribution is 5.78. The van der Waals surface area contributed by atoms with Crippen molar-refractivity contribution in [1.29, 1.82) is 0 Å². The fourth-order valence-electron chi connectivity index (χ4n) is 2.96. The molecule has 2 fully saturated rings. The van der Waals surface area contributed by atoms with Crippen LogP contribution in [0, 0.1) is 5.92 Å². The Kier molecular flexibility index (Phi) is 3.78. The van der Waals surface area contributed by atoms with E-state index >= 15 is 0 Å². The maximum absolute atomic E-state index is 12.1. The molecule has 20 heavy (non-hydrogen) atoms. The summed E-state index contributed by atoms with van der Waals surface area (Å²) in [5.41, 5.74) is 1.00. The Labute approximate surface area is 119 Å². The van der Waals surface area contributed by atoms with Gasteiger partial charge in [0.1, 0.15) is 5.76 Å². The van der Waals surface area contributed by atoms with Gasteiger partial charge in [-0.25, -0.2) is 0 Å². The summed E-state index contributed by atoms with van der Waals surface area (Å²) in [4.78, 5) is 16.1. The standard InChI is InChI=1S/C15H23N3O2/c1-17(2)15(19)12-4-3-7-18(9-12)10-13-8-14(20-16-13)11-5-6-11/h8,11-12H,3-7,9-10H2,1-2H3. The van der Waals surface area contributed by atoms with Crippen molar-refractivity contribution in [3.05, 3.63) is 17.5 Å². The van der Waals surface area contributed by atoms with E-state index in [0.29, 0.717) is 5.92 Å². The van der Waals surface area contributed by atoms with E-state index in [1.807, 2.05) is 14.1 Å². The van der Waals surface area contributed by atoms with Gasteiger partial charge in [0.15, 0.2) is 0 Å². The van der Waals surface area contributed by atoms with Crippen molar-refractivity contribution in [3.63, 3.8) is 0 Å². The summed E-state index contributed by atoms with van der Waals surface area (Å²) in [6.07, 6.45) is 4.55. The molecule has 1 saturated heterocycles. The predicted octanol–water partition coefficient (Wildman–Crippen LogP) is 1.85. The van der Waals surface area contributed by atoms with E-state index in [-0.39, 0.29) is 11.8 Å². The van der Waals surface area contributed by atoms with Crippen LogP contribution in [0.25, 0.3) is 0 Å². The molecule has 1 saturated carbocycles. The van der Waals surface area contributed by atoms with Gasteiger partial charge in [0.25, 0.3) is 0 Å². The Balaban J connectivity index is 1.57. The van der Waals surface area contributed by atoms with Crippen LogP contribution in [-0.2, 0) is 11.3 Å². The van der Waals surface area contributed by atoms with Crippen LogP contribution in [0.15, 0.2) is 10.6 Å².